The minimum atomic E-state index is -0.585. The van der Waals surface area contributed by atoms with Crippen LogP contribution in [0, 0.1) is 6.92 Å². The van der Waals surface area contributed by atoms with Gasteiger partial charge in [-0.15, -0.1) is 0 Å². The van der Waals surface area contributed by atoms with E-state index in [1.807, 2.05) is 60.4 Å². The number of benzene rings is 2. The van der Waals surface area contributed by atoms with Crippen LogP contribution < -0.4 is 20.3 Å². The third-order valence-electron chi connectivity index (χ3n) is 6.89. The summed E-state index contributed by atoms with van der Waals surface area (Å²) >= 11 is 4.65. The summed E-state index contributed by atoms with van der Waals surface area (Å²) in [5.41, 5.74) is 3.23. The summed E-state index contributed by atoms with van der Waals surface area (Å²) < 4.78 is 6.16. The second-order valence-electron chi connectivity index (χ2n) is 9.54. The Bertz CT molecular complexity index is 1330. The van der Waals surface area contributed by atoms with Gasteiger partial charge in [-0.05, 0) is 83.7 Å². The van der Waals surface area contributed by atoms with Gasteiger partial charge in [0.2, 0.25) is 5.91 Å². The number of carbonyl (C=O) groups is 3. The van der Waals surface area contributed by atoms with Crippen molar-refractivity contribution < 1.29 is 19.1 Å². The minimum absolute atomic E-state index is 0.0154. The zero-order valence-electron chi connectivity index (χ0n) is 21.0. The van der Waals surface area contributed by atoms with Crippen LogP contribution in [-0.2, 0) is 4.79 Å². The first kappa shape index (κ1) is 26.2. The number of halogens is 1. The Morgan fingerprint density at radius 1 is 1.13 bits per heavy atom. The number of hydrogen-bond acceptors (Lipinski definition) is 6. The van der Waals surface area contributed by atoms with Crippen molar-refractivity contribution in [2.45, 2.75) is 38.3 Å². The second-order valence-corrected chi connectivity index (χ2v) is 12.0. The maximum absolute atomic E-state index is 13.5. The van der Waals surface area contributed by atoms with Crippen LogP contribution in [-0.4, -0.2) is 54.5 Å². The van der Waals surface area contributed by atoms with Crippen molar-refractivity contribution in [3.63, 3.8) is 0 Å². The Morgan fingerprint density at radius 3 is 2.68 bits per heavy atom. The average molecular weight is 598 g/mol. The molecule has 2 saturated heterocycles. The van der Waals surface area contributed by atoms with E-state index in [-0.39, 0.29) is 30.3 Å². The van der Waals surface area contributed by atoms with Crippen molar-refractivity contribution in [2.24, 2.45) is 0 Å². The predicted molar refractivity (Wildman–Crippen MR) is 152 cm³/mol. The zero-order valence-corrected chi connectivity index (χ0v) is 23.4. The van der Waals surface area contributed by atoms with Gasteiger partial charge in [0.1, 0.15) is 0 Å². The van der Waals surface area contributed by atoms with Crippen LogP contribution in [0.4, 0.5) is 16.2 Å². The van der Waals surface area contributed by atoms with Gasteiger partial charge in [-0.3, -0.25) is 9.59 Å². The van der Waals surface area contributed by atoms with Crippen LogP contribution in [0.25, 0.3) is 0 Å². The highest BCUT2D eigenvalue weighted by Crippen LogP contribution is 2.30. The molecule has 2 aliphatic rings. The lowest BCUT2D eigenvalue weighted by molar-refractivity contribution is -0.117. The van der Waals surface area contributed by atoms with Crippen LogP contribution in [0.15, 0.2) is 64.5 Å². The van der Waals surface area contributed by atoms with Gasteiger partial charge in [-0.1, -0.05) is 29.5 Å². The van der Waals surface area contributed by atoms with E-state index in [1.54, 1.807) is 17.0 Å². The third kappa shape index (κ3) is 6.02. The molecule has 1 unspecified atom stereocenters. The Balaban J connectivity index is 1.20. The van der Waals surface area contributed by atoms with E-state index in [1.165, 1.54) is 11.3 Å². The second kappa shape index (κ2) is 11.6. The quantitative estimate of drug-likeness (QED) is 0.379. The highest BCUT2D eigenvalue weighted by atomic mass is 79.9. The summed E-state index contributed by atoms with van der Waals surface area (Å²) in [5, 5.41) is 6.69. The van der Waals surface area contributed by atoms with Crippen molar-refractivity contribution in [3.05, 3.63) is 75.6 Å². The molecule has 3 heterocycles. The molecule has 2 aliphatic heterocycles. The number of carbonyl (C=O) groups excluding carboxylic acids is 3. The summed E-state index contributed by atoms with van der Waals surface area (Å²) in [6, 6.07) is 18.8. The Morgan fingerprint density at radius 2 is 1.95 bits per heavy atom. The van der Waals surface area contributed by atoms with Gasteiger partial charge in [0.25, 0.3) is 5.91 Å². The lowest BCUT2D eigenvalue weighted by Crippen LogP contribution is -2.40. The number of thiophene rings is 1. The van der Waals surface area contributed by atoms with Gasteiger partial charge < -0.3 is 25.2 Å². The zero-order chi connectivity index (χ0) is 26.6. The molecule has 2 atom stereocenters. The van der Waals surface area contributed by atoms with Gasteiger partial charge >= 0.3 is 6.09 Å². The molecular formula is C28H29BrN4O4S. The number of hydrogen-bond donors (Lipinski definition) is 2. The highest BCUT2D eigenvalue weighted by molar-refractivity contribution is 9.11. The molecule has 1 aromatic heterocycles. The summed E-state index contributed by atoms with van der Waals surface area (Å²) in [6.45, 7) is 3.68. The van der Waals surface area contributed by atoms with E-state index >= 15 is 0 Å². The van der Waals surface area contributed by atoms with E-state index in [0.717, 1.165) is 34.4 Å². The van der Waals surface area contributed by atoms with Crippen LogP contribution in [0.1, 0.15) is 35.2 Å². The van der Waals surface area contributed by atoms with Crippen LogP contribution >= 0.6 is 27.3 Å². The smallest absolute Gasteiger partial charge is 0.399 e. The van der Waals surface area contributed by atoms with Crippen molar-refractivity contribution in [1.82, 2.24) is 10.2 Å². The molecule has 10 heteroatoms. The number of anilines is 2. The highest BCUT2D eigenvalue weighted by Gasteiger charge is 2.33. The predicted octanol–water partition coefficient (Wildman–Crippen LogP) is 5.43. The van der Waals surface area contributed by atoms with Crippen LogP contribution in [0.2, 0.25) is 0 Å². The monoisotopic (exact) mass is 596 g/mol. The first-order chi connectivity index (χ1) is 18.4. The number of likely N-dealkylation sites (tertiary alicyclic amines) is 1. The van der Waals surface area contributed by atoms with Crippen LogP contribution in [0.5, 0.6) is 5.06 Å². The van der Waals surface area contributed by atoms with Gasteiger partial charge in [-0.25, -0.2) is 4.79 Å². The van der Waals surface area contributed by atoms with E-state index in [4.69, 9.17) is 4.74 Å². The van der Waals surface area contributed by atoms with Crippen molar-refractivity contribution in [2.75, 3.05) is 29.9 Å². The van der Waals surface area contributed by atoms with E-state index in [2.05, 4.69) is 26.6 Å². The molecule has 0 saturated carbocycles. The van der Waals surface area contributed by atoms with Crippen molar-refractivity contribution in [1.29, 1.82) is 0 Å². The maximum Gasteiger partial charge on any atom is 0.413 e. The average Bonchev–Trinajstić information content (AvgIpc) is 3.63. The van der Waals surface area contributed by atoms with E-state index < -0.39 is 6.09 Å². The topological polar surface area (TPSA) is 91.0 Å². The Kier molecular flexibility index (Phi) is 7.99. The largest absolute Gasteiger partial charge is 0.413 e. The standard InChI is InChI=1S/C28H29BrN4O4S/c1-18-14-21(33-17-20(15-25(33)34)31-28(36)37-26-12-11-24(29)38-26)9-10-23(18)27(35)32-13-5-8-22(32)16-30-19-6-3-2-4-7-19/h2-4,6-7,9-12,14,20,22,30H,5,8,13,15-17H2,1H3,(H,31,36)/t20?,22-/m1/s1. The molecular weight excluding hydrogens is 568 g/mol. The summed E-state index contributed by atoms with van der Waals surface area (Å²) in [4.78, 5) is 42.1. The fourth-order valence-electron chi connectivity index (χ4n) is 5.01. The van der Waals surface area contributed by atoms with Gasteiger partial charge in [-0.2, -0.15) is 0 Å². The van der Waals surface area contributed by atoms with E-state index in [9.17, 15) is 14.4 Å². The lowest BCUT2D eigenvalue weighted by atomic mass is 10.1. The molecule has 0 bridgehead atoms. The number of aryl methyl sites for hydroxylation is 1. The normalized spacial score (nSPS) is 19.1. The molecule has 0 spiro atoms. The lowest BCUT2D eigenvalue weighted by Gasteiger charge is -2.26. The SMILES string of the molecule is Cc1cc(N2CC(NC(=O)Oc3ccc(Br)s3)CC2=O)ccc1C(=O)N1CCC[C@@H]1CNc1ccccc1. The van der Waals surface area contributed by atoms with Crippen molar-refractivity contribution in [3.8, 4) is 5.06 Å². The Hall–Kier alpha value is -3.37. The molecule has 198 valence electrons. The van der Waals surface area contributed by atoms with E-state index in [0.29, 0.717) is 29.4 Å². The number of amides is 3. The van der Waals surface area contributed by atoms with Gasteiger partial charge in [0, 0.05) is 49.0 Å². The fourth-order valence-corrected chi connectivity index (χ4v) is 6.20. The van der Waals surface area contributed by atoms with Gasteiger partial charge in [0.05, 0.1) is 9.83 Å². The number of rotatable bonds is 7. The molecule has 3 aromatic rings. The Labute approximate surface area is 234 Å². The summed E-state index contributed by atoms with van der Waals surface area (Å²) in [6.07, 6.45) is 1.55. The molecule has 3 amide bonds. The first-order valence-corrected chi connectivity index (χ1v) is 14.2. The molecule has 0 aliphatic carbocycles. The molecule has 0 radical (unpaired) electrons. The molecule has 2 N–H and O–H groups in total. The number of nitrogens with one attached hydrogen (secondary N) is 2. The summed E-state index contributed by atoms with van der Waals surface area (Å²) in [7, 11) is 0. The van der Waals surface area contributed by atoms with Crippen LogP contribution in [0.3, 0.4) is 0 Å². The molecule has 8 nitrogen and oxygen atoms in total. The van der Waals surface area contributed by atoms with Crippen molar-refractivity contribution >= 4 is 56.5 Å². The maximum atomic E-state index is 13.5. The number of para-hydroxylation sites is 1. The third-order valence-corrected chi connectivity index (χ3v) is 8.40. The summed E-state index contributed by atoms with van der Waals surface area (Å²) in [5.74, 6) is -0.0686. The minimum Gasteiger partial charge on any atom is -0.399 e. The molecule has 5 rings (SSSR count). The van der Waals surface area contributed by atoms with Gasteiger partial charge in [0.15, 0.2) is 5.06 Å². The number of ether oxygens (including phenoxy) is 1. The molecule has 2 fully saturated rings. The fraction of sp³-hybridized carbons (Fsp3) is 0.321. The molecule has 2 aromatic carbocycles. The molecule has 38 heavy (non-hydrogen) atoms. The number of nitrogens with zero attached hydrogens (tertiary/aromatic N) is 2. The first-order valence-electron chi connectivity index (χ1n) is 12.6.